The van der Waals surface area contributed by atoms with Gasteiger partial charge in [-0.1, -0.05) is 44.9 Å². The molecule has 0 bridgehead atoms. The predicted octanol–water partition coefficient (Wildman–Crippen LogP) is 8.15. The Kier molecular flexibility index (Phi) is 7.47. The molecule has 0 unspecified atom stereocenters. The molecule has 1 amide bonds. The first-order chi connectivity index (χ1) is 18.8. The van der Waals surface area contributed by atoms with Crippen LogP contribution >= 0.6 is 0 Å². The van der Waals surface area contributed by atoms with Gasteiger partial charge < -0.3 is 19.0 Å². The first kappa shape index (κ1) is 26.9. The predicted molar refractivity (Wildman–Crippen MR) is 145 cm³/mol. The summed E-state index contributed by atoms with van der Waals surface area (Å²) in [5, 5.41) is 1.01. The molecule has 1 N–H and O–H groups in total. The molecule has 0 radical (unpaired) electrons. The fraction of sp³-hybridized carbons (Fsp3) is 0.387. The molecule has 39 heavy (non-hydrogen) atoms. The number of hydrogen-bond acceptors (Lipinski definition) is 3. The molecule has 4 aromatic rings. The number of ether oxygens (including phenoxy) is 1. The second-order valence-corrected chi connectivity index (χ2v) is 10.1. The van der Waals surface area contributed by atoms with E-state index in [1.165, 1.54) is 12.1 Å². The van der Waals surface area contributed by atoms with Crippen molar-refractivity contribution in [2.75, 3.05) is 13.7 Å². The van der Waals surface area contributed by atoms with Gasteiger partial charge in [0.15, 0.2) is 0 Å². The number of rotatable bonds is 8. The molecule has 3 heterocycles. The maximum Gasteiger partial charge on any atom is 0.417 e. The number of alkyl halides is 3. The molecule has 5 rings (SSSR count). The SMILES string of the molecule is CCCC(CCC)C(=O)N1CCc2c([nH]c3ccc(OC)cc23)[C@H]1c1ccc(-c2ccccc2C(F)(F)F)o1. The van der Waals surface area contributed by atoms with Gasteiger partial charge in [-0.25, -0.2) is 0 Å². The largest absolute Gasteiger partial charge is 0.497 e. The van der Waals surface area contributed by atoms with Crippen LogP contribution in [-0.2, 0) is 17.4 Å². The van der Waals surface area contributed by atoms with Crippen molar-refractivity contribution < 1.29 is 27.1 Å². The van der Waals surface area contributed by atoms with Crippen LogP contribution in [0.4, 0.5) is 13.2 Å². The Bertz CT molecular complexity index is 1460. The summed E-state index contributed by atoms with van der Waals surface area (Å²) in [6.07, 6.45) is -0.505. The Balaban J connectivity index is 1.63. The molecular weight excluding hydrogens is 505 g/mol. The van der Waals surface area contributed by atoms with Gasteiger partial charge in [-0.05, 0) is 61.2 Å². The van der Waals surface area contributed by atoms with Crippen LogP contribution < -0.4 is 4.74 Å². The molecule has 2 aromatic carbocycles. The molecule has 1 aliphatic rings. The average molecular weight is 539 g/mol. The van der Waals surface area contributed by atoms with Crippen LogP contribution in [0.25, 0.3) is 22.2 Å². The second kappa shape index (κ2) is 10.8. The van der Waals surface area contributed by atoms with Gasteiger partial charge in [0.25, 0.3) is 0 Å². The number of nitrogens with one attached hydrogen (secondary N) is 1. The van der Waals surface area contributed by atoms with E-state index in [1.807, 2.05) is 23.1 Å². The van der Waals surface area contributed by atoms with Gasteiger partial charge in [-0.15, -0.1) is 0 Å². The van der Waals surface area contributed by atoms with Crippen LogP contribution in [0.2, 0.25) is 0 Å². The molecule has 1 aliphatic heterocycles. The number of amides is 1. The van der Waals surface area contributed by atoms with E-state index in [9.17, 15) is 18.0 Å². The van der Waals surface area contributed by atoms with E-state index in [1.54, 1.807) is 25.3 Å². The van der Waals surface area contributed by atoms with Crippen LogP contribution in [-0.4, -0.2) is 29.4 Å². The normalized spacial score (nSPS) is 15.7. The number of H-pyrrole nitrogens is 1. The molecule has 0 spiro atoms. The lowest BCUT2D eigenvalue weighted by Gasteiger charge is -2.37. The summed E-state index contributed by atoms with van der Waals surface area (Å²) in [5.74, 6) is 1.22. The smallest absolute Gasteiger partial charge is 0.417 e. The molecule has 0 saturated heterocycles. The van der Waals surface area contributed by atoms with Gasteiger partial charge in [0, 0.05) is 28.9 Å². The van der Waals surface area contributed by atoms with Crippen molar-refractivity contribution in [3.63, 3.8) is 0 Å². The third kappa shape index (κ3) is 5.04. The summed E-state index contributed by atoms with van der Waals surface area (Å²) in [7, 11) is 1.62. The van der Waals surface area contributed by atoms with Gasteiger partial charge in [-0.3, -0.25) is 4.79 Å². The number of methoxy groups -OCH3 is 1. The van der Waals surface area contributed by atoms with E-state index < -0.39 is 17.8 Å². The number of aromatic nitrogens is 1. The molecule has 0 aliphatic carbocycles. The van der Waals surface area contributed by atoms with E-state index >= 15 is 0 Å². The molecule has 8 heteroatoms. The third-order valence-electron chi connectivity index (χ3n) is 7.63. The van der Waals surface area contributed by atoms with Crippen LogP contribution in [0.3, 0.4) is 0 Å². The van der Waals surface area contributed by atoms with Gasteiger partial charge >= 0.3 is 6.18 Å². The summed E-state index contributed by atoms with van der Waals surface area (Å²) < 4.78 is 52.9. The molecular formula is C31H33F3N2O3. The minimum atomic E-state index is -4.52. The standard InChI is InChI=1S/C31H33F3N2O3/c1-4-8-19(9-5-2)30(37)36-17-16-21-23-18-20(38-3)12-13-25(23)35-28(21)29(36)27-15-14-26(39-27)22-10-6-7-11-24(22)31(32,33)34/h6-7,10-15,18-19,29,35H,4-5,8-9,16-17H2,1-3H3/t29-/m1/s1. The van der Waals surface area contributed by atoms with Gasteiger partial charge in [0.1, 0.15) is 23.3 Å². The topological polar surface area (TPSA) is 58.5 Å². The Morgan fingerprint density at radius 3 is 2.54 bits per heavy atom. The van der Waals surface area contributed by atoms with Crippen LogP contribution in [0.15, 0.2) is 59.0 Å². The van der Waals surface area contributed by atoms with Crippen LogP contribution in [0.5, 0.6) is 5.75 Å². The first-order valence-electron chi connectivity index (χ1n) is 13.5. The molecule has 1 atom stereocenters. The van der Waals surface area contributed by atoms with Crippen molar-refractivity contribution in [2.24, 2.45) is 5.92 Å². The number of furan rings is 1. The molecule has 0 fully saturated rings. The number of fused-ring (bicyclic) bond motifs is 3. The molecule has 2 aromatic heterocycles. The van der Waals surface area contributed by atoms with Crippen LogP contribution in [0.1, 0.15) is 68.2 Å². The highest BCUT2D eigenvalue weighted by Gasteiger charge is 2.39. The molecule has 206 valence electrons. The van der Waals surface area contributed by atoms with E-state index in [2.05, 4.69) is 18.8 Å². The van der Waals surface area contributed by atoms with E-state index in [4.69, 9.17) is 9.15 Å². The highest BCUT2D eigenvalue weighted by atomic mass is 19.4. The molecule has 5 nitrogen and oxygen atoms in total. The molecule has 0 saturated carbocycles. The quantitative estimate of drug-likeness (QED) is 0.246. The zero-order valence-electron chi connectivity index (χ0n) is 22.4. The van der Waals surface area contributed by atoms with Crippen molar-refractivity contribution in [1.29, 1.82) is 0 Å². The Morgan fingerprint density at radius 1 is 1.10 bits per heavy atom. The number of carbonyl (C=O) groups excluding carboxylic acids is 1. The number of aromatic amines is 1. The van der Waals surface area contributed by atoms with Gasteiger partial charge in [-0.2, -0.15) is 13.2 Å². The van der Waals surface area contributed by atoms with Crippen molar-refractivity contribution in [3.8, 4) is 17.1 Å². The highest BCUT2D eigenvalue weighted by Crippen LogP contribution is 2.43. The van der Waals surface area contributed by atoms with E-state index in [-0.39, 0.29) is 23.1 Å². The number of benzene rings is 2. The summed E-state index contributed by atoms with van der Waals surface area (Å²) >= 11 is 0. The fourth-order valence-corrected chi connectivity index (χ4v) is 5.84. The van der Waals surface area contributed by atoms with Crippen molar-refractivity contribution in [1.82, 2.24) is 9.88 Å². The first-order valence-corrected chi connectivity index (χ1v) is 13.5. The fourth-order valence-electron chi connectivity index (χ4n) is 5.84. The summed E-state index contributed by atoms with van der Waals surface area (Å²) in [6, 6.07) is 13.9. The van der Waals surface area contributed by atoms with Crippen LogP contribution in [0, 0.1) is 5.92 Å². The highest BCUT2D eigenvalue weighted by molar-refractivity contribution is 5.88. The zero-order valence-corrected chi connectivity index (χ0v) is 22.4. The number of nitrogens with zero attached hydrogens (tertiary/aromatic N) is 1. The van der Waals surface area contributed by atoms with Crippen molar-refractivity contribution in [3.05, 3.63) is 77.2 Å². The number of carbonyl (C=O) groups is 1. The summed E-state index contributed by atoms with van der Waals surface area (Å²) in [6.45, 7) is 4.63. The number of hydrogen-bond donors (Lipinski definition) is 1. The van der Waals surface area contributed by atoms with E-state index in [0.717, 1.165) is 59.7 Å². The Morgan fingerprint density at radius 2 is 1.85 bits per heavy atom. The van der Waals surface area contributed by atoms with Gasteiger partial charge in [0.05, 0.1) is 18.4 Å². The minimum Gasteiger partial charge on any atom is -0.497 e. The monoisotopic (exact) mass is 538 g/mol. The van der Waals surface area contributed by atoms with Crippen molar-refractivity contribution >= 4 is 16.8 Å². The van der Waals surface area contributed by atoms with Gasteiger partial charge in [0.2, 0.25) is 5.91 Å². The average Bonchev–Trinajstić information content (AvgIpc) is 3.56. The minimum absolute atomic E-state index is 0.0265. The Hall–Kier alpha value is -3.68. The van der Waals surface area contributed by atoms with E-state index in [0.29, 0.717) is 18.7 Å². The lowest BCUT2D eigenvalue weighted by molar-refractivity contribution is -0.138. The second-order valence-electron chi connectivity index (χ2n) is 10.1. The Labute approximate surface area is 226 Å². The lowest BCUT2D eigenvalue weighted by atomic mass is 9.91. The number of halogens is 3. The maximum atomic E-state index is 14.0. The lowest BCUT2D eigenvalue weighted by Crippen LogP contribution is -2.43. The summed E-state index contributed by atoms with van der Waals surface area (Å²) in [5.41, 5.74) is 2.02. The third-order valence-corrected chi connectivity index (χ3v) is 7.63. The van der Waals surface area contributed by atoms with Crippen molar-refractivity contribution in [2.45, 2.75) is 58.2 Å². The summed E-state index contributed by atoms with van der Waals surface area (Å²) in [4.78, 5) is 19.3. The maximum absolute atomic E-state index is 14.0. The zero-order chi connectivity index (χ0) is 27.7.